The molecule has 2 bridgehead atoms. The van der Waals surface area contributed by atoms with E-state index in [2.05, 4.69) is 18.7 Å². The molecule has 4 heteroatoms. The summed E-state index contributed by atoms with van der Waals surface area (Å²) >= 11 is 0. The van der Waals surface area contributed by atoms with Crippen molar-refractivity contribution in [1.82, 2.24) is 9.80 Å². The van der Waals surface area contributed by atoms with Crippen molar-refractivity contribution in [2.45, 2.75) is 71.2 Å². The number of hydrogen-bond donors (Lipinski definition) is 0. The SMILES string of the molecule is CCC(C)N1CC2CC1CN2C(=O)OC(C)(C)C. The number of fused-ring (bicyclic) bond motifs is 2. The maximum absolute atomic E-state index is 12.1. The first kappa shape index (κ1) is 13.7. The highest BCUT2D eigenvalue weighted by Gasteiger charge is 2.47. The van der Waals surface area contributed by atoms with Gasteiger partial charge in [0, 0.05) is 31.2 Å². The Morgan fingerprint density at radius 2 is 2.00 bits per heavy atom. The molecule has 2 heterocycles. The average molecular weight is 254 g/mol. The maximum Gasteiger partial charge on any atom is 0.410 e. The molecule has 3 unspecified atom stereocenters. The minimum absolute atomic E-state index is 0.140. The van der Waals surface area contributed by atoms with Crippen LogP contribution in [0.2, 0.25) is 0 Å². The van der Waals surface area contributed by atoms with E-state index in [9.17, 15) is 4.79 Å². The van der Waals surface area contributed by atoms with E-state index in [0.717, 1.165) is 19.5 Å². The smallest absolute Gasteiger partial charge is 0.410 e. The Bertz CT molecular complexity index is 324. The molecule has 1 amide bonds. The lowest BCUT2D eigenvalue weighted by molar-refractivity contribution is 0.00959. The van der Waals surface area contributed by atoms with Gasteiger partial charge in [-0.3, -0.25) is 4.90 Å². The van der Waals surface area contributed by atoms with Gasteiger partial charge in [-0.2, -0.15) is 0 Å². The molecule has 2 aliphatic rings. The number of piperazine rings is 1. The van der Waals surface area contributed by atoms with Gasteiger partial charge in [0.2, 0.25) is 0 Å². The Hall–Kier alpha value is -0.770. The van der Waals surface area contributed by atoms with Crippen LogP contribution < -0.4 is 0 Å². The summed E-state index contributed by atoms with van der Waals surface area (Å²) < 4.78 is 5.46. The van der Waals surface area contributed by atoms with Crippen molar-refractivity contribution < 1.29 is 9.53 Å². The van der Waals surface area contributed by atoms with E-state index in [1.807, 2.05) is 25.7 Å². The van der Waals surface area contributed by atoms with Gasteiger partial charge in [0.15, 0.2) is 0 Å². The molecule has 0 aliphatic carbocycles. The normalized spacial score (nSPS) is 29.7. The molecule has 0 aromatic rings. The van der Waals surface area contributed by atoms with Crippen LogP contribution >= 0.6 is 0 Å². The van der Waals surface area contributed by atoms with Gasteiger partial charge in [-0.15, -0.1) is 0 Å². The summed E-state index contributed by atoms with van der Waals surface area (Å²) in [6.07, 6.45) is 2.15. The number of nitrogens with zero attached hydrogens (tertiary/aromatic N) is 2. The molecular weight excluding hydrogens is 228 g/mol. The summed E-state index contributed by atoms with van der Waals surface area (Å²) in [5, 5.41) is 0. The third-order valence-electron chi connectivity index (χ3n) is 4.07. The lowest BCUT2D eigenvalue weighted by Crippen LogP contribution is -2.52. The van der Waals surface area contributed by atoms with Crippen LogP contribution in [0, 0.1) is 0 Å². The number of carbonyl (C=O) groups excluding carboxylic acids is 1. The van der Waals surface area contributed by atoms with Crippen LogP contribution in [-0.4, -0.2) is 52.7 Å². The first-order valence-electron chi connectivity index (χ1n) is 7.07. The molecule has 0 aromatic carbocycles. The van der Waals surface area contributed by atoms with Gasteiger partial charge < -0.3 is 9.64 Å². The molecule has 2 fully saturated rings. The van der Waals surface area contributed by atoms with E-state index in [0.29, 0.717) is 18.1 Å². The summed E-state index contributed by atoms with van der Waals surface area (Å²) in [6.45, 7) is 12.1. The third-order valence-corrected chi connectivity index (χ3v) is 4.07. The molecule has 4 nitrogen and oxygen atoms in total. The average Bonchev–Trinajstić information content (AvgIpc) is 2.84. The first-order valence-corrected chi connectivity index (χ1v) is 7.07. The van der Waals surface area contributed by atoms with Gasteiger partial charge in [-0.25, -0.2) is 4.79 Å². The quantitative estimate of drug-likeness (QED) is 0.759. The lowest BCUT2D eigenvalue weighted by Gasteiger charge is -2.37. The summed E-state index contributed by atoms with van der Waals surface area (Å²) in [5.74, 6) is 0. The van der Waals surface area contributed by atoms with Gasteiger partial charge in [0.25, 0.3) is 0 Å². The minimum Gasteiger partial charge on any atom is -0.444 e. The Balaban J connectivity index is 1.93. The molecule has 0 aromatic heterocycles. The second-order valence-corrected chi connectivity index (χ2v) is 6.63. The van der Waals surface area contributed by atoms with Crippen LogP contribution in [0.4, 0.5) is 4.79 Å². The summed E-state index contributed by atoms with van der Waals surface area (Å²) in [5.41, 5.74) is -0.394. The third kappa shape index (κ3) is 2.63. The van der Waals surface area contributed by atoms with Gasteiger partial charge in [-0.05, 0) is 40.5 Å². The number of carbonyl (C=O) groups is 1. The fourth-order valence-corrected chi connectivity index (χ4v) is 3.02. The maximum atomic E-state index is 12.1. The molecule has 0 saturated carbocycles. The van der Waals surface area contributed by atoms with Crippen LogP contribution in [0.15, 0.2) is 0 Å². The standard InChI is InChI=1S/C14H26N2O2/c1-6-10(2)15-8-12-7-11(15)9-16(12)13(17)18-14(3,4)5/h10-12H,6-9H2,1-5H3. The monoisotopic (exact) mass is 254 g/mol. The molecule has 2 rings (SSSR count). The van der Waals surface area contributed by atoms with E-state index in [1.54, 1.807) is 0 Å². The molecule has 18 heavy (non-hydrogen) atoms. The minimum atomic E-state index is -0.394. The van der Waals surface area contributed by atoms with Crippen LogP contribution in [-0.2, 0) is 4.74 Å². The van der Waals surface area contributed by atoms with Crippen LogP contribution in [0.5, 0.6) is 0 Å². The van der Waals surface area contributed by atoms with Gasteiger partial charge in [0.1, 0.15) is 5.60 Å². The van der Waals surface area contributed by atoms with Crippen molar-refractivity contribution in [3.05, 3.63) is 0 Å². The van der Waals surface area contributed by atoms with Crippen LogP contribution in [0.3, 0.4) is 0 Å². The molecule has 2 aliphatic heterocycles. The molecule has 104 valence electrons. The van der Waals surface area contributed by atoms with Crippen molar-refractivity contribution in [1.29, 1.82) is 0 Å². The largest absolute Gasteiger partial charge is 0.444 e. The molecule has 0 radical (unpaired) electrons. The van der Waals surface area contributed by atoms with E-state index in [4.69, 9.17) is 4.74 Å². The number of ether oxygens (including phenoxy) is 1. The summed E-state index contributed by atoms with van der Waals surface area (Å²) in [6, 6.07) is 1.53. The highest BCUT2D eigenvalue weighted by atomic mass is 16.6. The van der Waals surface area contributed by atoms with Crippen molar-refractivity contribution in [3.8, 4) is 0 Å². The van der Waals surface area contributed by atoms with Crippen molar-refractivity contribution in [3.63, 3.8) is 0 Å². The predicted molar refractivity (Wildman–Crippen MR) is 71.6 cm³/mol. The highest BCUT2D eigenvalue weighted by molar-refractivity contribution is 5.69. The Kier molecular flexibility index (Phi) is 3.58. The number of amides is 1. The molecule has 3 atom stereocenters. The van der Waals surface area contributed by atoms with E-state index in [1.165, 1.54) is 6.42 Å². The van der Waals surface area contributed by atoms with Crippen LogP contribution in [0.1, 0.15) is 47.5 Å². The zero-order valence-electron chi connectivity index (χ0n) is 12.3. The Labute approximate surface area is 110 Å². The van der Waals surface area contributed by atoms with E-state index < -0.39 is 5.60 Å². The first-order chi connectivity index (χ1) is 8.31. The topological polar surface area (TPSA) is 32.8 Å². The van der Waals surface area contributed by atoms with E-state index >= 15 is 0 Å². The van der Waals surface area contributed by atoms with Crippen molar-refractivity contribution in [2.24, 2.45) is 0 Å². The number of likely N-dealkylation sites (tertiary alicyclic amines) is 2. The molecule has 0 spiro atoms. The Morgan fingerprint density at radius 3 is 2.44 bits per heavy atom. The summed E-state index contributed by atoms with van der Waals surface area (Å²) in [7, 11) is 0. The van der Waals surface area contributed by atoms with Crippen LogP contribution in [0.25, 0.3) is 0 Å². The molecule has 0 N–H and O–H groups in total. The second-order valence-electron chi connectivity index (χ2n) is 6.63. The van der Waals surface area contributed by atoms with E-state index in [-0.39, 0.29) is 6.09 Å². The van der Waals surface area contributed by atoms with Crippen molar-refractivity contribution in [2.75, 3.05) is 13.1 Å². The molecular formula is C14H26N2O2. The Morgan fingerprint density at radius 1 is 1.33 bits per heavy atom. The van der Waals surface area contributed by atoms with Crippen molar-refractivity contribution >= 4 is 6.09 Å². The second kappa shape index (κ2) is 4.72. The zero-order chi connectivity index (χ0) is 13.5. The molecule has 2 saturated heterocycles. The summed E-state index contributed by atoms with van der Waals surface area (Å²) in [4.78, 5) is 16.6. The number of hydrogen-bond acceptors (Lipinski definition) is 3. The van der Waals surface area contributed by atoms with Gasteiger partial charge in [-0.1, -0.05) is 6.92 Å². The fourth-order valence-electron chi connectivity index (χ4n) is 3.02. The fraction of sp³-hybridized carbons (Fsp3) is 0.929. The predicted octanol–water partition coefficient (Wildman–Crippen LogP) is 2.48. The number of rotatable bonds is 2. The zero-order valence-corrected chi connectivity index (χ0v) is 12.3. The highest BCUT2D eigenvalue weighted by Crippen LogP contribution is 2.33. The van der Waals surface area contributed by atoms with Gasteiger partial charge in [0.05, 0.1) is 0 Å². The lowest BCUT2D eigenvalue weighted by atomic mass is 10.2. The van der Waals surface area contributed by atoms with Gasteiger partial charge >= 0.3 is 6.09 Å².